The third-order valence-corrected chi connectivity index (χ3v) is 6.88. The maximum Gasteiger partial charge on any atom is 0.266 e. The van der Waals surface area contributed by atoms with Crippen molar-refractivity contribution in [2.24, 2.45) is 0 Å². The molecule has 0 aliphatic heterocycles. The molecule has 0 fully saturated rings. The molecule has 0 aliphatic carbocycles. The Labute approximate surface area is 251 Å². The van der Waals surface area contributed by atoms with E-state index in [1.807, 2.05) is 0 Å². The molecule has 9 nitrogen and oxygen atoms in total. The second kappa shape index (κ2) is 13.0. The number of carbonyl (C=O) groups is 1. The van der Waals surface area contributed by atoms with Crippen molar-refractivity contribution in [2.75, 3.05) is 27.4 Å². The molecule has 5 aromatic rings. The molecule has 0 unspecified atom stereocenters. The van der Waals surface area contributed by atoms with E-state index < -0.39 is 23.0 Å². The van der Waals surface area contributed by atoms with Crippen LogP contribution in [-0.2, 0) is 11.2 Å². The van der Waals surface area contributed by atoms with Crippen LogP contribution in [0.15, 0.2) is 71.7 Å². The first kappa shape index (κ1) is 30.3. The summed E-state index contributed by atoms with van der Waals surface area (Å²) in [5, 5.41) is 0. The van der Waals surface area contributed by atoms with Crippen LogP contribution in [0.4, 0.5) is 8.78 Å². The van der Waals surface area contributed by atoms with Crippen molar-refractivity contribution in [3.8, 4) is 28.8 Å². The average Bonchev–Trinajstić information content (AvgIpc) is 2.99. The number of fused-ring (bicyclic) bond motifs is 1. The fourth-order valence-corrected chi connectivity index (χ4v) is 4.85. The van der Waals surface area contributed by atoms with E-state index in [2.05, 4.69) is 9.97 Å². The number of halogens is 2. The minimum atomic E-state index is -0.712. The molecule has 2 aromatic carbocycles. The van der Waals surface area contributed by atoms with E-state index in [1.165, 1.54) is 54.3 Å². The Morgan fingerprint density at radius 1 is 0.909 bits per heavy atom. The highest BCUT2D eigenvalue weighted by Crippen LogP contribution is 2.35. The Balaban J connectivity index is 1.39. The third-order valence-electron chi connectivity index (χ3n) is 6.88. The predicted octanol–water partition coefficient (Wildman–Crippen LogP) is 5.93. The van der Waals surface area contributed by atoms with Gasteiger partial charge in [-0.2, -0.15) is 0 Å². The second-order valence-corrected chi connectivity index (χ2v) is 9.94. The molecular formula is C33H29F2N3O6. The fourth-order valence-electron chi connectivity index (χ4n) is 4.85. The Morgan fingerprint density at radius 3 is 2.39 bits per heavy atom. The van der Waals surface area contributed by atoms with Gasteiger partial charge in [0.25, 0.3) is 11.4 Å². The van der Waals surface area contributed by atoms with Gasteiger partial charge in [0.05, 0.1) is 24.8 Å². The first-order valence-electron chi connectivity index (χ1n) is 13.6. The zero-order valence-electron chi connectivity index (χ0n) is 24.5. The number of benzene rings is 2. The lowest BCUT2D eigenvalue weighted by Gasteiger charge is -2.15. The van der Waals surface area contributed by atoms with E-state index in [0.717, 1.165) is 0 Å². The average molecular weight is 602 g/mol. The SMILES string of the molecule is COCCOc1cc2nccc(Oc3ccc(CC(=O)c4c(C)cc(C)n(-c5ccc(F)cc5)c4=O)cc3F)c2nc1OC. The van der Waals surface area contributed by atoms with Crippen LogP contribution in [0.3, 0.4) is 0 Å². The van der Waals surface area contributed by atoms with Crippen molar-refractivity contribution in [2.45, 2.75) is 20.3 Å². The molecule has 0 N–H and O–H groups in total. The number of rotatable bonds is 11. The molecule has 0 radical (unpaired) electrons. The van der Waals surface area contributed by atoms with Gasteiger partial charge in [0.1, 0.15) is 17.9 Å². The first-order chi connectivity index (χ1) is 21.2. The summed E-state index contributed by atoms with van der Waals surface area (Å²) in [6.07, 6.45) is 1.28. The van der Waals surface area contributed by atoms with Gasteiger partial charge in [-0.25, -0.2) is 13.8 Å². The second-order valence-electron chi connectivity index (χ2n) is 9.94. The highest BCUT2D eigenvalue weighted by Gasteiger charge is 2.20. The fraction of sp³-hybridized carbons (Fsp3) is 0.212. The van der Waals surface area contributed by atoms with Gasteiger partial charge in [0.15, 0.2) is 28.8 Å². The number of aromatic nitrogens is 3. The van der Waals surface area contributed by atoms with E-state index in [9.17, 15) is 14.0 Å². The van der Waals surface area contributed by atoms with Gasteiger partial charge in [-0.1, -0.05) is 6.07 Å². The Hall–Kier alpha value is -5.16. The van der Waals surface area contributed by atoms with Gasteiger partial charge in [-0.15, -0.1) is 0 Å². The number of hydrogen-bond donors (Lipinski definition) is 0. The number of pyridine rings is 3. The van der Waals surface area contributed by atoms with E-state index in [-0.39, 0.29) is 36.0 Å². The molecule has 0 amide bonds. The smallest absolute Gasteiger partial charge is 0.266 e. The normalized spacial score (nSPS) is 11.0. The lowest BCUT2D eigenvalue weighted by molar-refractivity contribution is 0.0990. The largest absolute Gasteiger partial charge is 0.485 e. The maximum absolute atomic E-state index is 15.3. The molecular weight excluding hydrogens is 572 g/mol. The molecule has 0 saturated carbocycles. The van der Waals surface area contributed by atoms with Crippen LogP contribution in [0.2, 0.25) is 0 Å². The summed E-state index contributed by atoms with van der Waals surface area (Å²) in [5.41, 5.74) is 2.09. The van der Waals surface area contributed by atoms with E-state index in [4.69, 9.17) is 18.9 Å². The molecule has 3 aromatic heterocycles. The summed E-state index contributed by atoms with van der Waals surface area (Å²) >= 11 is 0. The number of aryl methyl sites for hydroxylation is 2. The van der Waals surface area contributed by atoms with Crippen molar-refractivity contribution in [3.63, 3.8) is 0 Å². The highest BCUT2D eigenvalue weighted by molar-refractivity contribution is 5.98. The zero-order valence-corrected chi connectivity index (χ0v) is 24.5. The van der Waals surface area contributed by atoms with Crippen LogP contribution in [0.25, 0.3) is 16.7 Å². The standard InChI is InChI=1S/C33H29F2N3O6/c1-19-15-20(2)38(23-8-6-22(34)7-9-23)33(40)30(19)26(39)17-21-5-10-27(24(35)16-21)44-28-11-12-36-25-18-29(43-14-13-41-3)32(42-4)37-31(25)28/h5-12,15-16,18H,13-14,17H2,1-4H3. The zero-order chi connectivity index (χ0) is 31.4. The quantitative estimate of drug-likeness (QED) is 0.136. The Morgan fingerprint density at radius 2 is 1.68 bits per heavy atom. The van der Waals surface area contributed by atoms with Crippen LogP contribution >= 0.6 is 0 Å². The highest BCUT2D eigenvalue weighted by atomic mass is 19.1. The first-order valence-corrected chi connectivity index (χ1v) is 13.6. The number of ketones is 1. The summed E-state index contributed by atoms with van der Waals surface area (Å²) in [5.74, 6) is -0.924. The number of hydrogen-bond acceptors (Lipinski definition) is 8. The molecule has 0 spiro atoms. The molecule has 226 valence electrons. The molecule has 0 bridgehead atoms. The van der Waals surface area contributed by atoms with Crippen LogP contribution in [0, 0.1) is 25.5 Å². The number of nitrogens with zero attached hydrogens (tertiary/aromatic N) is 3. The Kier molecular flexibility index (Phi) is 8.96. The summed E-state index contributed by atoms with van der Waals surface area (Å²) in [6, 6.07) is 14.5. The number of carbonyl (C=O) groups excluding carboxylic acids is 1. The molecule has 0 aliphatic rings. The number of methoxy groups -OCH3 is 2. The van der Waals surface area contributed by atoms with Gasteiger partial charge >= 0.3 is 0 Å². The molecule has 44 heavy (non-hydrogen) atoms. The maximum atomic E-state index is 15.3. The van der Waals surface area contributed by atoms with E-state index >= 15 is 4.39 Å². The summed E-state index contributed by atoms with van der Waals surface area (Å²) in [7, 11) is 3.01. The van der Waals surface area contributed by atoms with Crippen molar-refractivity contribution >= 4 is 16.8 Å². The van der Waals surface area contributed by atoms with Crippen molar-refractivity contribution in [1.29, 1.82) is 0 Å². The Bertz CT molecular complexity index is 1910. The van der Waals surface area contributed by atoms with Gasteiger partial charge in [0.2, 0.25) is 0 Å². The topological polar surface area (TPSA) is 102 Å². The van der Waals surface area contributed by atoms with Gasteiger partial charge in [-0.3, -0.25) is 19.1 Å². The van der Waals surface area contributed by atoms with Crippen LogP contribution in [0.5, 0.6) is 23.1 Å². The number of ether oxygens (including phenoxy) is 4. The van der Waals surface area contributed by atoms with Gasteiger partial charge < -0.3 is 18.9 Å². The lowest BCUT2D eigenvalue weighted by Crippen LogP contribution is -2.29. The van der Waals surface area contributed by atoms with Gasteiger partial charge in [-0.05, 0) is 67.4 Å². The lowest BCUT2D eigenvalue weighted by atomic mass is 9.99. The van der Waals surface area contributed by atoms with Gasteiger partial charge in [0, 0.05) is 43.2 Å². The van der Waals surface area contributed by atoms with Crippen molar-refractivity contribution in [3.05, 3.63) is 111 Å². The molecule has 0 saturated heterocycles. The summed E-state index contributed by atoms with van der Waals surface area (Å²) in [4.78, 5) is 35.5. The predicted molar refractivity (Wildman–Crippen MR) is 159 cm³/mol. The molecule has 11 heteroatoms. The molecule has 0 atom stereocenters. The van der Waals surface area contributed by atoms with Crippen LogP contribution in [-0.4, -0.2) is 47.8 Å². The molecule has 3 heterocycles. The van der Waals surface area contributed by atoms with Crippen molar-refractivity contribution in [1.82, 2.24) is 14.5 Å². The summed E-state index contributed by atoms with van der Waals surface area (Å²) in [6.45, 7) is 4.06. The third kappa shape index (κ3) is 6.28. The number of Topliss-reactive ketones (excluding diaryl/α,β-unsaturated/α-hetero) is 1. The van der Waals surface area contributed by atoms with Crippen LogP contribution < -0.4 is 19.8 Å². The van der Waals surface area contributed by atoms with E-state index in [0.29, 0.717) is 45.9 Å². The van der Waals surface area contributed by atoms with Crippen LogP contribution in [0.1, 0.15) is 27.2 Å². The monoisotopic (exact) mass is 601 g/mol. The molecule has 5 rings (SSSR count). The van der Waals surface area contributed by atoms with E-state index in [1.54, 1.807) is 45.2 Å². The minimum Gasteiger partial charge on any atom is -0.485 e. The summed E-state index contributed by atoms with van der Waals surface area (Å²) < 4.78 is 52.0. The van der Waals surface area contributed by atoms with Crippen molar-refractivity contribution < 1.29 is 32.5 Å². The minimum absolute atomic E-state index is 0.0190.